The van der Waals surface area contributed by atoms with E-state index in [2.05, 4.69) is 20.8 Å². The Balaban J connectivity index is 1.10. The molecule has 222 valence electrons. The van der Waals surface area contributed by atoms with Crippen LogP contribution < -0.4 is 30.8 Å². The van der Waals surface area contributed by atoms with Gasteiger partial charge in [0.05, 0.1) is 0 Å². The number of nitrogens with zero attached hydrogens (tertiary/aromatic N) is 3. The van der Waals surface area contributed by atoms with E-state index in [1.54, 1.807) is 24.3 Å². The number of anilines is 1. The minimum atomic E-state index is -0.902. The summed E-state index contributed by atoms with van der Waals surface area (Å²) in [7, 11) is 0. The summed E-state index contributed by atoms with van der Waals surface area (Å²) in [6.45, 7) is 6.41. The quantitative estimate of drug-likeness (QED) is 0.344. The number of piperidine rings is 1. The molecule has 0 spiro atoms. The van der Waals surface area contributed by atoms with Gasteiger partial charge in [0, 0.05) is 10.6 Å². The SMILES string of the molecule is CC1(CN2C(CN3CCC(c4cccc(OCc5ccc(Cl)cc5F)n4)CC3)=C[I-]c3ccc(C(=O)O)cc32)CCO1. The van der Waals surface area contributed by atoms with Crippen molar-refractivity contribution in [3.63, 3.8) is 0 Å². The summed E-state index contributed by atoms with van der Waals surface area (Å²) in [6, 6.07) is 15.9. The van der Waals surface area contributed by atoms with Crippen LogP contribution in [0, 0.1) is 9.39 Å². The van der Waals surface area contributed by atoms with Crippen molar-refractivity contribution in [2.45, 2.75) is 44.3 Å². The molecule has 1 atom stereocenters. The third kappa shape index (κ3) is 6.59. The molecule has 1 N–H and O–H groups in total. The number of aromatic carboxylic acids is 1. The third-order valence-electron chi connectivity index (χ3n) is 8.23. The van der Waals surface area contributed by atoms with Crippen LogP contribution in [0.4, 0.5) is 10.1 Å². The minimum absolute atomic E-state index is 0.0906. The topological polar surface area (TPSA) is 75.1 Å². The molecule has 1 unspecified atom stereocenters. The Kier molecular flexibility index (Phi) is 8.72. The molecule has 0 amide bonds. The molecule has 0 radical (unpaired) electrons. The Morgan fingerprint density at radius 3 is 2.74 bits per heavy atom. The zero-order valence-corrected chi connectivity index (χ0v) is 26.3. The Labute approximate surface area is 260 Å². The van der Waals surface area contributed by atoms with Crippen LogP contribution >= 0.6 is 11.6 Å². The zero-order valence-electron chi connectivity index (χ0n) is 23.4. The van der Waals surface area contributed by atoms with Gasteiger partial charge in [0.1, 0.15) is 5.82 Å². The molecule has 6 rings (SSSR count). The molecule has 3 aliphatic heterocycles. The maximum atomic E-state index is 14.2. The van der Waals surface area contributed by atoms with E-state index in [0.717, 1.165) is 56.9 Å². The first kappa shape index (κ1) is 29.3. The fourth-order valence-corrected chi connectivity index (χ4v) is 8.18. The third-order valence-corrected chi connectivity index (χ3v) is 11.1. The fraction of sp³-hybridized carbons (Fsp3) is 0.375. The van der Waals surface area contributed by atoms with Gasteiger partial charge in [0.25, 0.3) is 0 Å². The van der Waals surface area contributed by atoms with E-state index in [0.29, 0.717) is 34.5 Å². The number of rotatable bonds is 9. The van der Waals surface area contributed by atoms with E-state index in [4.69, 9.17) is 26.1 Å². The Morgan fingerprint density at radius 2 is 2.02 bits per heavy atom. The van der Waals surface area contributed by atoms with Gasteiger partial charge in [-0.25, -0.2) is 4.39 Å². The van der Waals surface area contributed by atoms with Gasteiger partial charge in [-0.05, 0) is 12.1 Å². The van der Waals surface area contributed by atoms with E-state index in [-0.39, 0.29) is 39.2 Å². The number of aromatic nitrogens is 1. The average Bonchev–Trinajstić information content (AvgIpc) is 2.97. The molecule has 0 saturated carbocycles. The molecule has 7 nitrogen and oxygen atoms in total. The van der Waals surface area contributed by atoms with Crippen LogP contribution in [0.3, 0.4) is 0 Å². The van der Waals surface area contributed by atoms with Crippen LogP contribution in [-0.2, 0) is 11.3 Å². The van der Waals surface area contributed by atoms with Crippen LogP contribution in [0.2, 0.25) is 5.02 Å². The van der Waals surface area contributed by atoms with Gasteiger partial charge >= 0.3 is 211 Å². The van der Waals surface area contributed by atoms with E-state index in [1.807, 2.05) is 24.3 Å². The standard InChI is InChI=1S/C32H33ClFIN3O4/c1-32(11-14-42-32)20-38-25(17-35-27-8-6-22(31(39)40)15-29(27)38)18-37-12-9-21(10-13-37)28-3-2-4-30(36-28)41-19-23-5-7-24(33)16-26(23)34/h2-8,15-17,21H,9-14,18-20H2,1H3,(H,39,40)/q-1. The van der Waals surface area contributed by atoms with E-state index >= 15 is 0 Å². The predicted octanol–water partition coefficient (Wildman–Crippen LogP) is 3.13. The number of ether oxygens (including phenoxy) is 2. The molecule has 2 saturated heterocycles. The van der Waals surface area contributed by atoms with Crippen molar-refractivity contribution in [2.24, 2.45) is 0 Å². The first-order chi connectivity index (χ1) is 20.3. The summed E-state index contributed by atoms with van der Waals surface area (Å²) >= 11 is 5.50. The fourth-order valence-electron chi connectivity index (χ4n) is 5.64. The summed E-state index contributed by atoms with van der Waals surface area (Å²) in [6.07, 6.45) is 2.95. The molecule has 4 heterocycles. The van der Waals surface area contributed by atoms with Crippen LogP contribution in [0.25, 0.3) is 0 Å². The Bertz CT molecular complexity index is 1510. The molecule has 42 heavy (non-hydrogen) atoms. The van der Waals surface area contributed by atoms with Gasteiger partial charge in [-0.15, -0.1) is 0 Å². The molecule has 10 heteroatoms. The Morgan fingerprint density at radius 1 is 1.21 bits per heavy atom. The molecule has 0 bridgehead atoms. The summed E-state index contributed by atoms with van der Waals surface area (Å²) < 4.78 is 29.6. The van der Waals surface area contributed by atoms with Crippen molar-refractivity contribution in [1.29, 1.82) is 0 Å². The number of hydrogen-bond acceptors (Lipinski definition) is 6. The number of pyridine rings is 1. The number of likely N-dealkylation sites (tertiary alicyclic amines) is 1. The molecule has 2 fully saturated rings. The second kappa shape index (κ2) is 12.5. The molecule has 1 aromatic heterocycles. The van der Waals surface area contributed by atoms with Crippen molar-refractivity contribution in [3.05, 3.63) is 95.6 Å². The number of carbonyl (C=O) groups is 1. The second-order valence-electron chi connectivity index (χ2n) is 11.3. The summed E-state index contributed by atoms with van der Waals surface area (Å²) in [5.74, 6) is -0.482. The van der Waals surface area contributed by atoms with Crippen molar-refractivity contribution in [1.82, 2.24) is 9.88 Å². The van der Waals surface area contributed by atoms with Crippen LogP contribution in [0.5, 0.6) is 5.88 Å². The molecular formula is C32H33ClFIN3O4-. The number of fused-ring (bicyclic) bond motifs is 1. The normalized spacial score (nSPS) is 21.1. The first-order valence-electron chi connectivity index (χ1n) is 14.1. The van der Waals surface area contributed by atoms with Crippen LogP contribution in [0.15, 0.2) is 64.4 Å². The van der Waals surface area contributed by atoms with Gasteiger partial charge < -0.3 is 0 Å². The summed E-state index contributed by atoms with van der Waals surface area (Å²) in [5.41, 5.74) is 3.80. The molecule has 0 aliphatic carbocycles. The summed E-state index contributed by atoms with van der Waals surface area (Å²) in [4.78, 5) is 21.3. The van der Waals surface area contributed by atoms with Crippen LogP contribution in [0.1, 0.15) is 53.7 Å². The van der Waals surface area contributed by atoms with E-state index < -0.39 is 5.97 Å². The van der Waals surface area contributed by atoms with Gasteiger partial charge in [0.15, 0.2) is 0 Å². The maximum absolute atomic E-state index is 14.2. The van der Waals surface area contributed by atoms with Crippen molar-refractivity contribution in [2.75, 3.05) is 37.7 Å². The summed E-state index contributed by atoms with van der Waals surface area (Å²) in [5, 5.41) is 10.00. The van der Waals surface area contributed by atoms with E-state index in [1.165, 1.54) is 15.3 Å². The number of benzene rings is 2. The number of halogens is 3. The monoisotopic (exact) mass is 704 g/mol. The van der Waals surface area contributed by atoms with Gasteiger partial charge in [-0.2, -0.15) is 0 Å². The average molecular weight is 705 g/mol. The molecule has 3 aliphatic rings. The molecular weight excluding hydrogens is 672 g/mol. The predicted molar refractivity (Wildman–Crippen MR) is 155 cm³/mol. The molecule has 2 aromatic carbocycles. The van der Waals surface area contributed by atoms with Crippen LogP contribution in [-0.4, -0.2) is 59.3 Å². The first-order valence-corrected chi connectivity index (χ1v) is 16.8. The number of hydrogen-bond donors (Lipinski definition) is 1. The zero-order chi connectivity index (χ0) is 29.3. The molecule has 3 aromatic rings. The number of carboxylic acids is 1. The number of carboxylic acid groups (broad SMARTS) is 1. The van der Waals surface area contributed by atoms with Crippen molar-refractivity contribution in [3.8, 4) is 5.88 Å². The second-order valence-corrected chi connectivity index (χ2v) is 14.1. The van der Waals surface area contributed by atoms with E-state index in [9.17, 15) is 14.3 Å². The van der Waals surface area contributed by atoms with Gasteiger partial charge in [0.2, 0.25) is 0 Å². The van der Waals surface area contributed by atoms with Crippen molar-refractivity contribution < 1.29 is 45.0 Å². The van der Waals surface area contributed by atoms with Gasteiger partial charge in [-0.3, -0.25) is 0 Å². The Hall–Kier alpha value is -2.73. The van der Waals surface area contributed by atoms with Gasteiger partial charge in [-0.1, -0.05) is 17.7 Å². The van der Waals surface area contributed by atoms with Crippen molar-refractivity contribution >= 4 is 23.3 Å².